The summed E-state index contributed by atoms with van der Waals surface area (Å²) in [5.41, 5.74) is 6.00. The van der Waals surface area contributed by atoms with Crippen molar-refractivity contribution >= 4 is 22.4 Å². The molecular formula is C12H19N3O2S. The lowest BCUT2D eigenvalue weighted by Crippen LogP contribution is -2.29. The fraction of sp³-hybridized carbons (Fsp3) is 0.500. The summed E-state index contributed by atoms with van der Waals surface area (Å²) in [5.74, 6) is 0.253. The molecule has 0 aliphatic heterocycles. The van der Waals surface area contributed by atoms with Crippen LogP contribution in [0, 0.1) is 5.92 Å². The quantitative estimate of drug-likeness (QED) is 0.804. The molecule has 0 bridgehead atoms. The van der Waals surface area contributed by atoms with Gasteiger partial charge in [0.1, 0.15) is 5.75 Å². The molecule has 3 N–H and O–H groups in total. The Kier molecular flexibility index (Phi) is 5.77. The fourth-order valence-corrected chi connectivity index (χ4v) is 2.37. The smallest absolute Gasteiger partial charge is 0.233 e. The van der Waals surface area contributed by atoms with Gasteiger partial charge in [0.2, 0.25) is 5.91 Å². The van der Waals surface area contributed by atoms with Crippen molar-refractivity contribution in [3.63, 3.8) is 0 Å². The van der Waals surface area contributed by atoms with E-state index < -0.39 is 10.8 Å². The standard InChI is InChI=1S/C12H19N3O2S/c1-9(2)3-6-15-12(16)8-18(17)11-4-5-14-7-10(11)13/h4-5,7,9H,3,6,8,13H2,1-2H3,(H,15,16). The van der Waals surface area contributed by atoms with Gasteiger partial charge >= 0.3 is 0 Å². The van der Waals surface area contributed by atoms with Gasteiger partial charge in [0, 0.05) is 12.7 Å². The highest BCUT2D eigenvalue weighted by atomic mass is 32.2. The first kappa shape index (κ1) is 14.6. The molecule has 0 saturated heterocycles. The van der Waals surface area contributed by atoms with E-state index in [1.54, 1.807) is 6.07 Å². The van der Waals surface area contributed by atoms with Gasteiger partial charge < -0.3 is 11.1 Å². The van der Waals surface area contributed by atoms with Crippen LogP contribution in [0.4, 0.5) is 5.69 Å². The number of carbonyl (C=O) groups excluding carboxylic acids is 1. The predicted octanol–water partition coefficient (Wildman–Crippen LogP) is 0.934. The molecule has 5 nitrogen and oxygen atoms in total. The number of amides is 1. The zero-order chi connectivity index (χ0) is 13.5. The molecule has 0 fully saturated rings. The molecule has 1 amide bonds. The number of pyridine rings is 1. The summed E-state index contributed by atoms with van der Waals surface area (Å²) in [4.78, 5) is 15.8. The zero-order valence-corrected chi connectivity index (χ0v) is 11.5. The highest BCUT2D eigenvalue weighted by Crippen LogP contribution is 2.13. The maximum absolute atomic E-state index is 11.9. The molecule has 0 radical (unpaired) electrons. The van der Waals surface area contributed by atoms with Crippen LogP contribution < -0.4 is 11.1 Å². The minimum atomic E-state index is -1.42. The molecule has 1 rings (SSSR count). The van der Waals surface area contributed by atoms with Crippen LogP contribution in [0.25, 0.3) is 0 Å². The van der Waals surface area contributed by atoms with Crippen LogP contribution in [0.5, 0.6) is 0 Å². The Morgan fingerprint density at radius 1 is 1.56 bits per heavy atom. The van der Waals surface area contributed by atoms with E-state index in [1.807, 2.05) is 0 Å². The van der Waals surface area contributed by atoms with Crippen molar-refractivity contribution < 1.29 is 9.00 Å². The van der Waals surface area contributed by atoms with Gasteiger partial charge in [-0.1, -0.05) is 13.8 Å². The summed E-state index contributed by atoms with van der Waals surface area (Å²) >= 11 is 0. The summed E-state index contributed by atoms with van der Waals surface area (Å²) in [6.45, 7) is 4.78. The number of hydrogen-bond acceptors (Lipinski definition) is 4. The van der Waals surface area contributed by atoms with E-state index in [0.29, 0.717) is 23.0 Å². The SMILES string of the molecule is CC(C)CCNC(=O)CS(=O)c1ccncc1N. The van der Waals surface area contributed by atoms with Gasteiger partial charge in [0.25, 0.3) is 0 Å². The van der Waals surface area contributed by atoms with Gasteiger partial charge in [-0.3, -0.25) is 14.0 Å². The molecule has 1 aromatic heterocycles. The van der Waals surface area contributed by atoms with Crippen molar-refractivity contribution in [2.45, 2.75) is 25.2 Å². The van der Waals surface area contributed by atoms with Gasteiger partial charge in [-0.25, -0.2) is 0 Å². The molecule has 18 heavy (non-hydrogen) atoms. The van der Waals surface area contributed by atoms with E-state index in [0.717, 1.165) is 6.42 Å². The van der Waals surface area contributed by atoms with E-state index in [2.05, 4.69) is 24.1 Å². The normalized spacial score (nSPS) is 12.4. The second-order valence-corrected chi connectivity index (χ2v) is 5.86. The summed E-state index contributed by atoms with van der Waals surface area (Å²) in [6, 6.07) is 1.58. The molecule has 1 aromatic rings. The molecule has 1 atom stereocenters. The van der Waals surface area contributed by atoms with Gasteiger partial charge in [-0.05, 0) is 18.4 Å². The van der Waals surface area contributed by atoms with Crippen molar-refractivity contribution in [1.29, 1.82) is 0 Å². The summed E-state index contributed by atoms with van der Waals surface area (Å²) in [6.07, 6.45) is 3.86. The summed E-state index contributed by atoms with van der Waals surface area (Å²) in [5, 5.41) is 2.75. The molecule has 0 aliphatic rings. The van der Waals surface area contributed by atoms with Gasteiger partial charge in [-0.15, -0.1) is 0 Å². The summed E-state index contributed by atoms with van der Waals surface area (Å²) in [7, 11) is -1.42. The molecular weight excluding hydrogens is 250 g/mol. The van der Waals surface area contributed by atoms with Crippen LogP contribution in [-0.2, 0) is 15.6 Å². The molecule has 0 aliphatic carbocycles. The van der Waals surface area contributed by atoms with Crippen molar-refractivity contribution in [2.75, 3.05) is 18.0 Å². The van der Waals surface area contributed by atoms with Crippen LogP contribution >= 0.6 is 0 Å². The average molecular weight is 269 g/mol. The van der Waals surface area contributed by atoms with Crippen LogP contribution in [0.15, 0.2) is 23.4 Å². The highest BCUT2D eigenvalue weighted by Gasteiger charge is 2.12. The number of carbonyl (C=O) groups is 1. The lowest BCUT2D eigenvalue weighted by atomic mass is 10.1. The molecule has 100 valence electrons. The molecule has 1 unspecified atom stereocenters. The number of nitrogen functional groups attached to an aromatic ring is 1. The first-order valence-corrected chi connectivity index (χ1v) is 7.17. The number of aromatic nitrogens is 1. The Labute approximate surface area is 110 Å². The van der Waals surface area contributed by atoms with E-state index in [1.165, 1.54) is 12.4 Å². The Hall–Kier alpha value is -1.43. The predicted molar refractivity (Wildman–Crippen MR) is 72.4 cm³/mol. The fourth-order valence-electron chi connectivity index (χ4n) is 1.35. The largest absolute Gasteiger partial charge is 0.396 e. The molecule has 0 aromatic carbocycles. The minimum Gasteiger partial charge on any atom is -0.396 e. The van der Waals surface area contributed by atoms with Crippen molar-refractivity contribution in [1.82, 2.24) is 10.3 Å². The Balaban J connectivity index is 2.45. The maximum Gasteiger partial charge on any atom is 0.233 e. The molecule has 6 heteroatoms. The molecule has 0 saturated carbocycles. The number of nitrogens with zero attached hydrogens (tertiary/aromatic N) is 1. The second kappa shape index (κ2) is 7.10. The van der Waals surface area contributed by atoms with Gasteiger partial charge in [0.05, 0.1) is 27.6 Å². The first-order valence-electron chi connectivity index (χ1n) is 5.85. The van der Waals surface area contributed by atoms with E-state index in [4.69, 9.17) is 5.73 Å². The van der Waals surface area contributed by atoms with Gasteiger partial charge in [-0.2, -0.15) is 0 Å². The topological polar surface area (TPSA) is 85.1 Å². The maximum atomic E-state index is 11.9. The lowest BCUT2D eigenvalue weighted by molar-refractivity contribution is -0.118. The minimum absolute atomic E-state index is 0.0632. The average Bonchev–Trinajstić information content (AvgIpc) is 2.28. The molecule has 0 spiro atoms. The van der Waals surface area contributed by atoms with Crippen molar-refractivity contribution in [3.05, 3.63) is 18.5 Å². The van der Waals surface area contributed by atoms with Crippen molar-refractivity contribution in [3.8, 4) is 0 Å². The van der Waals surface area contributed by atoms with E-state index >= 15 is 0 Å². The number of nitrogens with two attached hydrogens (primary N) is 1. The Bertz CT molecular complexity index is 435. The number of rotatable bonds is 6. The lowest BCUT2D eigenvalue weighted by Gasteiger charge is -2.08. The van der Waals surface area contributed by atoms with Crippen LogP contribution in [0.1, 0.15) is 20.3 Å². The number of nitrogens with one attached hydrogen (secondary N) is 1. The van der Waals surface area contributed by atoms with Crippen LogP contribution in [0.3, 0.4) is 0 Å². The first-order chi connectivity index (χ1) is 8.50. The van der Waals surface area contributed by atoms with E-state index in [-0.39, 0.29) is 11.7 Å². The van der Waals surface area contributed by atoms with E-state index in [9.17, 15) is 9.00 Å². The molecule has 1 heterocycles. The Morgan fingerprint density at radius 2 is 2.28 bits per heavy atom. The van der Waals surface area contributed by atoms with Crippen LogP contribution in [0.2, 0.25) is 0 Å². The van der Waals surface area contributed by atoms with Crippen molar-refractivity contribution in [2.24, 2.45) is 5.92 Å². The van der Waals surface area contributed by atoms with Gasteiger partial charge in [0.15, 0.2) is 0 Å². The Morgan fingerprint density at radius 3 is 2.89 bits per heavy atom. The summed E-state index contributed by atoms with van der Waals surface area (Å²) < 4.78 is 11.9. The third kappa shape index (κ3) is 4.83. The number of hydrogen-bond donors (Lipinski definition) is 2. The van der Waals surface area contributed by atoms with Crippen LogP contribution in [-0.4, -0.2) is 27.4 Å². The monoisotopic (exact) mass is 269 g/mol. The third-order valence-corrected chi connectivity index (χ3v) is 3.75. The highest BCUT2D eigenvalue weighted by molar-refractivity contribution is 7.86. The number of anilines is 1. The zero-order valence-electron chi connectivity index (χ0n) is 10.7. The third-order valence-electron chi connectivity index (χ3n) is 2.36. The second-order valence-electron chi connectivity index (χ2n) is 4.44.